The summed E-state index contributed by atoms with van der Waals surface area (Å²) < 4.78 is 17.9. The zero-order chi connectivity index (χ0) is 17.8. The molecule has 0 aliphatic rings. The number of halogens is 1. The van der Waals surface area contributed by atoms with E-state index in [1.165, 1.54) is 12.1 Å². The summed E-state index contributed by atoms with van der Waals surface area (Å²) in [4.78, 5) is 13.8. The Labute approximate surface area is 144 Å². The van der Waals surface area contributed by atoms with Gasteiger partial charge in [-0.25, -0.2) is 4.39 Å². The van der Waals surface area contributed by atoms with Crippen molar-refractivity contribution in [1.29, 1.82) is 0 Å². The summed E-state index contributed by atoms with van der Waals surface area (Å²) in [5.41, 5.74) is 2.92. The number of rotatable bonds is 6. The van der Waals surface area contributed by atoms with Gasteiger partial charge in [0.25, 0.3) is 5.91 Å². The van der Waals surface area contributed by atoms with E-state index >= 15 is 0 Å². The fourth-order valence-corrected chi connectivity index (χ4v) is 2.53. The molecule has 6 nitrogen and oxygen atoms in total. The highest BCUT2D eigenvalue weighted by Gasteiger charge is 2.15. The van der Waals surface area contributed by atoms with Crippen LogP contribution in [0.5, 0.6) is 0 Å². The fraction of sp³-hybridized carbons (Fsp3) is 0.278. The first-order valence-electron chi connectivity index (χ1n) is 8.02. The van der Waals surface area contributed by atoms with Crippen molar-refractivity contribution in [1.82, 2.24) is 20.3 Å². The summed E-state index contributed by atoms with van der Waals surface area (Å²) >= 11 is 0. The quantitative estimate of drug-likeness (QED) is 0.746. The van der Waals surface area contributed by atoms with Gasteiger partial charge in [0.1, 0.15) is 11.6 Å². The predicted octanol–water partition coefficient (Wildman–Crippen LogP) is 3.22. The molecule has 3 rings (SSSR count). The maximum absolute atomic E-state index is 13.0. The molecule has 7 heteroatoms. The average molecular weight is 342 g/mol. The Kier molecular flexibility index (Phi) is 4.92. The number of amides is 1. The molecule has 0 aliphatic carbocycles. The summed E-state index contributed by atoms with van der Waals surface area (Å²) in [6.45, 7) is 2.34. The van der Waals surface area contributed by atoms with E-state index in [9.17, 15) is 9.18 Å². The molecule has 0 saturated carbocycles. The summed E-state index contributed by atoms with van der Waals surface area (Å²) in [5, 5.41) is 11.0. The van der Waals surface area contributed by atoms with Crippen LogP contribution < -0.4 is 0 Å². The first-order chi connectivity index (χ1) is 12.0. The van der Waals surface area contributed by atoms with Crippen molar-refractivity contribution in [3.05, 3.63) is 59.4 Å². The molecule has 0 atom stereocenters. The van der Waals surface area contributed by atoms with E-state index in [-0.39, 0.29) is 11.7 Å². The maximum Gasteiger partial charge on any atom is 0.275 e. The molecule has 2 heterocycles. The van der Waals surface area contributed by atoms with Crippen LogP contribution in [0.15, 0.2) is 40.9 Å². The van der Waals surface area contributed by atoms with Crippen LogP contribution in [0.4, 0.5) is 4.39 Å². The Morgan fingerprint density at radius 3 is 2.72 bits per heavy atom. The molecule has 1 N–H and O–H groups in total. The van der Waals surface area contributed by atoms with E-state index in [0.29, 0.717) is 18.0 Å². The lowest BCUT2D eigenvalue weighted by Crippen LogP contribution is -2.28. The van der Waals surface area contributed by atoms with Crippen LogP contribution in [-0.2, 0) is 6.42 Å². The van der Waals surface area contributed by atoms with Crippen molar-refractivity contribution in [2.75, 3.05) is 13.6 Å². The van der Waals surface area contributed by atoms with Crippen molar-refractivity contribution in [3.63, 3.8) is 0 Å². The third-order valence-electron chi connectivity index (χ3n) is 3.90. The first kappa shape index (κ1) is 16.9. The van der Waals surface area contributed by atoms with Crippen LogP contribution in [0.3, 0.4) is 0 Å². The lowest BCUT2D eigenvalue weighted by atomic mass is 10.1. The second-order valence-corrected chi connectivity index (χ2v) is 5.94. The van der Waals surface area contributed by atoms with Gasteiger partial charge < -0.3 is 9.42 Å². The molecule has 0 radical (unpaired) electrons. The number of carbonyl (C=O) groups is 1. The highest BCUT2D eigenvalue weighted by atomic mass is 19.1. The zero-order valence-corrected chi connectivity index (χ0v) is 14.1. The van der Waals surface area contributed by atoms with Crippen molar-refractivity contribution >= 4 is 5.91 Å². The van der Waals surface area contributed by atoms with E-state index in [2.05, 4.69) is 15.4 Å². The van der Waals surface area contributed by atoms with Gasteiger partial charge in [-0.3, -0.25) is 9.89 Å². The minimum Gasteiger partial charge on any atom is -0.361 e. The van der Waals surface area contributed by atoms with Crippen LogP contribution in [0.2, 0.25) is 0 Å². The Morgan fingerprint density at radius 1 is 1.28 bits per heavy atom. The largest absolute Gasteiger partial charge is 0.361 e. The van der Waals surface area contributed by atoms with Crippen LogP contribution in [0, 0.1) is 12.7 Å². The topological polar surface area (TPSA) is 75.0 Å². The second-order valence-electron chi connectivity index (χ2n) is 5.94. The van der Waals surface area contributed by atoms with Crippen molar-refractivity contribution < 1.29 is 13.7 Å². The summed E-state index contributed by atoms with van der Waals surface area (Å²) in [5.74, 6) is 0.186. The van der Waals surface area contributed by atoms with Crippen LogP contribution >= 0.6 is 0 Å². The molecule has 3 aromatic rings. The number of aromatic nitrogens is 3. The number of aryl methyl sites for hydroxylation is 2. The normalized spacial score (nSPS) is 10.8. The predicted molar refractivity (Wildman–Crippen MR) is 90.5 cm³/mol. The highest BCUT2D eigenvalue weighted by molar-refractivity contribution is 5.92. The molecule has 130 valence electrons. The van der Waals surface area contributed by atoms with Gasteiger partial charge in [-0.1, -0.05) is 5.16 Å². The van der Waals surface area contributed by atoms with Gasteiger partial charge >= 0.3 is 0 Å². The molecule has 0 aliphatic heterocycles. The number of H-pyrrole nitrogens is 1. The Bertz CT molecular complexity index is 854. The summed E-state index contributed by atoms with van der Waals surface area (Å²) in [7, 11) is 1.74. The minimum absolute atomic E-state index is 0.159. The van der Waals surface area contributed by atoms with Crippen molar-refractivity contribution in [3.8, 4) is 11.3 Å². The molecule has 1 amide bonds. The summed E-state index contributed by atoms with van der Waals surface area (Å²) in [6.07, 6.45) is 1.54. The molecule has 2 aromatic heterocycles. The third-order valence-corrected chi connectivity index (χ3v) is 3.90. The number of nitrogens with one attached hydrogen (secondary N) is 1. The zero-order valence-electron chi connectivity index (χ0n) is 14.1. The lowest BCUT2D eigenvalue weighted by Gasteiger charge is -2.14. The first-order valence-corrected chi connectivity index (χ1v) is 8.02. The van der Waals surface area contributed by atoms with Gasteiger partial charge in [-0.15, -0.1) is 0 Å². The van der Waals surface area contributed by atoms with Gasteiger partial charge in [0, 0.05) is 30.9 Å². The Balaban J connectivity index is 1.52. The molecule has 25 heavy (non-hydrogen) atoms. The molecule has 0 bridgehead atoms. The van der Waals surface area contributed by atoms with E-state index in [4.69, 9.17) is 4.52 Å². The maximum atomic E-state index is 13.0. The second kappa shape index (κ2) is 7.29. The van der Waals surface area contributed by atoms with Gasteiger partial charge in [0.05, 0.1) is 5.69 Å². The molecule has 0 fully saturated rings. The Hall–Kier alpha value is -2.96. The number of carbonyl (C=O) groups excluding carboxylic acids is 1. The molecule has 1 aromatic carbocycles. The number of aromatic amines is 1. The van der Waals surface area contributed by atoms with Gasteiger partial charge in [-0.2, -0.15) is 5.10 Å². The van der Waals surface area contributed by atoms with Gasteiger partial charge in [-0.05, 0) is 50.1 Å². The van der Waals surface area contributed by atoms with Gasteiger partial charge in [0.15, 0.2) is 5.69 Å². The third kappa shape index (κ3) is 4.12. The number of nitrogens with zero attached hydrogens (tertiary/aromatic N) is 3. The van der Waals surface area contributed by atoms with Crippen LogP contribution in [-0.4, -0.2) is 39.8 Å². The van der Waals surface area contributed by atoms with E-state index in [0.717, 1.165) is 29.8 Å². The number of hydrogen-bond acceptors (Lipinski definition) is 4. The molecule has 0 unspecified atom stereocenters. The van der Waals surface area contributed by atoms with Crippen molar-refractivity contribution in [2.45, 2.75) is 19.8 Å². The highest BCUT2D eigenvalue weighted by Crippen LogP contribution is 2.18. The van der Waals surface area contributed by atoms with Crippen LogP contribution in [0.1, 0.15) is 28.4 Å². The molecular weight excluding hydrogens is 323 g/mol. The van der Waals surface area contributed by atoms with E-state index in [1.807, 2.05) is 6.07 Å². The monoisotopic (exact) mass is 342 g/mol. The molecule has 0 spiro atoms. The fourth-order valence-electron chi connectivity index (χ4n) is 2.53. The molecular formula is C18H19FN4O2. The van der Waals surface area contributed by atoms with Gasteiger partial charge in [0.2, 0.25) is 0 Å². The van der Waals surface area contributed by atoms with E-state index in [1.54, 1.807) is 37.1 Å². The average Bonchev–Trinajstić information content (AvgIpc) is 3.24. The van der Waals surface area contributed by atoms with E-state index < -0.39 is 0 Å². The standard InChI is InChI=1S/C18H19FN4O2/c1-12-10-17(22-25-12)18(24)23(2)9-3-4-15-11-16(21-20-15)13-5-7-14(19)8-6-13/h5-8,10-11H,3-4,9H2,1-2H3,(H,20,21). The SMILES string of the molecule is Cc1cc(C(=O)N(C)CCCc2cc(-c3ccc(F)cc3)n[nH]2)no1. The number of benzene rings is 1. The number of hydrogen-bond donors (Lipinski definition) is 1. The van der Waals surface area contributed by atoms with Crippen LogP contribution in [0.25, 0.3) is 11.3 Å². The molecule has 0 saturated heterocycles. The minimum atomic E-state index is -0.269. The Morgan fingerprint density at radius 2 is 2.04 bits per heavy atom. The van der Waals surface area contributed by atoms with Crippen molar-refractivity contribution in [2.24, 2.45) is 0 Å². The lowest BCUT2D eigenvalue weighted by molar-refractivity contribution is 0.0783. The smallest absolute Gasteiger partial charge is 0.275 e. The summed E-state index contributed by atoms with van der Waals surface area (Å²) in [6, 6.07) is 9.79.